The van der Waals surface area contributed by atoms with Crippen molar-refractivity contribution in [2.75, 3.05) is 0 Å². The third-order valence-corrected chi connectivity index (χ3v) is 4.13. The van der Waals surface area contributed by atoms with E-state index in [1.807, 2.05) is 4.57 Å². The lowest BCUT2D eigenvalue weighted by Crippen LogP contribution is -2.22. The Labute approximate surface area is 126 Å². The normalized spacial score (nSPS) is 22.7. The molecule has 2 aromatic rings. The first-order valence-electron chi connectivity index (χ1n) is 7.33. The van der Waals surface area contributed by atoms with Crippen molar-refractivity contribution in [3.63, 3.8) is 0 Å². The smallest absolute Gasteiger partial charge is 0.393 e. The van der Waals surface area contributed by atoms with E-state index in [0.717, 1.165) is 31.4 Å². The topological polar surface area (TPSA) is 38.0 Å². The van der Waals surface area contributed by atoms with Crippen molar-refractivity contribution in [3.05, 3.63) is 42.2 Å². The molecule has 22 heavy (non-hydrogen) atoms. The Morgan fingerprint density at radius 2 is 2.05 bits per heavy atom. The quantitative estimate of drug-likeness (QED) is 0.909. The van der Waals surface area contributed by atoms with Crippen LogP contribution in [0.25, 0.3) is 11.4 Å². The number of halogens is 3. The molecule has 0 unspecified atom stereocenters. The first-order chi connectivity index (χ1) is 10.4. The highest BCUT2D eigenvalue weighted by Gasteiger charge is 2.31. The number of imidazole rings is 1. The van der Waals surface area contributed by atoms with E-state index in [1.165, 1.54) is 6.07 Å². The van der Waals surface area contributed by atoms with Gasteiger partial charge in [0.25, 0.3) is 0 Å². The van der Waals surface area contributed by atoms with Crippen molar-refractivity contribution < 1.29 is 18.3 Å². The molecular weight excluding hydrogens is 293 g/mol. The summed E-state index contributed by atoms with van der Waals surface area (Å²) in [4.78, 5) is 4.22. The summed E-state index contributed by atoms with van der Waals surface area (Å²) in [6.45, 7) is 0. The van der Waals surface area contributed by atoms with Crippen LogP contribution >= 0.6 is 0 Å². The number of benzene rings is 1. The molecule has 0 radical (unpaired) electrons. The zero-order valence-electron chi connectivity index (χ0n) is 11.9. The van der Waals surface area contributed by atoms with Gasteiger partial charge in [0.2, 0.25) is 0 Å². The number of rotatable bonds is 2. The van der Waals surface area contributed by atoms with Crippen LogP contribution in [0.4, 0.5) is 13.2 Å². The molecular formula is C16H17F3N2O. The summed E-state index contributed by atoms with van der Waals surface area (Å²) in [5.41, 5.74) is -0.233. The second-order valence-electron chi connectivity index (χ2n) is 5.71. The van der Waals surface area contributed by atoms with Crippen LogP contribution in [0, 0.1) is 0 Å². The number of alkyl halides is 3. The molecule has 6 heteroatoms. The zero-order chi connectivity index (χ0) is 15.7. The highest BCUT2D eigenvalue weighted by Crippen LogP contribution is 2.34. The van der Waals surface area contributed by atoms with Crippen LogP contribution in [0.2, 0.25) is 0 Å². The lowest BCUT2D eigenvalue weighted by Gasteiger charge is -2.28. The third kappa shape index (κ3) is 3.02. The number of nitrogens with zero attached hydrogens (tertiary/aromatic N) is 2. The van der Waals surface area contributed by atoms with Gasteiger partial charge in [-0.25, -0.2) is 4.98 Å². The van der Waals surface area contributed by atoms with Crippen LogP contribution in [0.5, 0.6) is 0 Å². The highest BCUT2D eigenvalue weighted by atomic mass is 19.4. The lowest BCUT2D eigenvalue weighted by atomic mass is 9.92. The molecule has 1 fully saturated rings. The summed E-state index contributed by atoms with van der Waals surface area (Å²) in [5, 5.41) is 9.81. The first kappa shape index (κ1) is 15.1. The van der Waals surface area contributed by atoms with Crippen molar-refractivity contribution in [1.29, 1.82) is 0 Å². The van der Waals surface area contributed by atoms with Gasteiger partial charge in [0.05, 0.1) is 11.7 Å². The van der Waals surface area contributed by atoms with Crippen LogP contribution in [0.15, 0.2) is 36.7 Å². The number of aliphatic hydroxyl groups excluding tert-OH is 1. The maximum atomic E-state index is 12.9. The van der Waals surface area contributed by atoms with Crippen molar-refractivity contribution in [2.45, 2.75) is 44.0 Å². The van der Waals surface area contributed by atoms with Gasteiger partial charge in [-0.15, -0.1) is 0 Å². The van der Waals surface area contributed by atoms with Crippen molar-refractivity contribution in [2.24, 2.45) is 0 Å². The van der Waals surface area contributed by atoms with E-state index in [4.69, 9.17) is 0 Å². The largest absolute Gasteiger partial charge is 0.416 e. The fourth-order valence-corrected chi connectivity index (χ4v) is 3.06. The Kier molecular flexibility index (Phi) is 3.95. The zero-order valence-corrected chi connectivity index (χ0v) is 11.9. The molecule has 1 aromatic heterocycles. The van der Waals surface area contributed by atoms with Crippen molar-refractivity contribution >= 4 is 0 Å². The van der Waals surface area contributed by atoms with Gasteiger partial charge in [-0.05, 0) is 37.8 Å². The molecule has 1 aliphatic carbocycles. The Bertz CT molecular complexity index is 651. The van der Waals surface area contributed by atoms with Crippen LogP contribution in [0.1, 0.15) is 37.3 Å². The molecule has 0 aliphatic heterocycles. The van der Waals surface area contributed by atoms with E-state index in [9.17, 15) is 18.3 Å². The molecule has 0 spiro atoms. The molecule has 1 aliphatic rings. The van der Waals surface area contributed by atoms with Gasteiger partial charge in [0.15, 0.2) is 0 Å². The van der Waals surface area contributed by atoms with Crippen LogP contribution in [-0.2, 0) is 6.18 Å². The summed E-state index contributed by atoms with van der Waals surface area (Å²) in [6.07, 6.45) is 1.86. The van der Waals surface area contributed by atoms with Gasteiger partial charge in [-0.2, -0.15) is 13.2 Å². The summed E-state index contributed by atoms with van der Waals surface area (Å²) < 4.78 is 40.5. The standard InChI is InChI=1S/C16H17F3N2O/c17-16(18,19)12-4-1-3-11(9-12)15-20-7-8-21(15)13-5-2-6-14(22)10-13/h1,3-4,7-9,13-14,22H,2,5-6,10H2/t13-,14+/m1/s1. The summed E-state index contributed by atoms with van der Waals surface area (Å²) in [5.74, 6) is 0.519. The van der Waals surface area contributed by atoms with Gasteiger partial charge in [-0.3, -0.25) is 0 Å². The number of aliphatic hydroxyl groups is 1. The number of hydrogen-bond donors (Lipinski definition) is 1. The Balaban J connectivity index is 1.95. The van der Waals surface area contributed by atoms with E-state index < -0.39 is 11.7 Å². The van der Waals surface area contributed by atoms with Gasteiger partial charge in [0, 0.05) is 24.0 Å². The predicted octanol–water partition coefficient (Wildman–Crippen LogP) is 4.04. The van der Waals surface area contributed by atoms with Crippen molar-refractivity contribution in [3.8, 4) is 11.4 Å². The maximum absolute atomic E-state index is 12.9. The third-order valence-electron chi connectivity index (χ3n) is 4.13. The van der Waals surface area contributed by atoms with Gasteiger partial charge in [-0.1, -0.05) is 12.1 Å². The Hall–Kier alpha value is -1.82. The maximum Gasteiger partial charge on any atom is 0.416 e. The molecule has 1 heterocycles. The fraction of sp³-hybridized carbons (Fsp3) is 0.438. The summed E-state index contributed by atoms with van der Waals surface area (Å²) in [6, 6.07) is 5.29. The summed E-state index contributed by atoms with van der Waals surface area (Å²) >= 11 is 0. The minimum Gasteiger partial charge on any atom is -0.393 e. The van der Waals surface area contributed by atoms with E-state index in [-0.39, 0.29) is 12.1 Å². The van der Waals surface area contributed by atoms with Crippen LogP contribution in [0.3, 0.4) is 0 Å². The molecule has 0 amide bonds. The van der Waals surface area contributed by atoms with Crippen molar-refractivity contribution in [1.82, 2.24) is 9.55 Å². The monoisotopic (exact) mass is 310 g/mol. The fourth-order valence-electron chi connectivity index (χ4n) is 3.06. The van der Waals surface area contributed by atoms with Gasteiger partial charge in [0.1, 0.15) is 5.82 Å². The van der Waals surface area contributed by atoms with Gasteiger partial charge < -0.3 is 9.67 Å². The van der Waals surface area contributed by atoms with E-state index in [1.54, 1.807) is 18.5 Å². The first-order valence-corrected chi connectivity index (χ1v) is 7.33. The average Bonchev–Trinajstić information content (AvgIpc) is 2.96. The van der Waals surface area contributed by atoms with Crippen LogP contribution < -0.4 is 0 Å². The van der Waals surface area contributed by atoms with Crippen LogP contribution in [-0.4, -0.2) is 20.8 Å². The Morgan fingerprint density at radius 3 is 2.77 bits per heavy atom. The molecule has 3 rings (SSSR count). The van der Waals surface area contributed by atoms with E-state index in [0.29, 0.717) is 17.8 Å². The SMILES string of the molecule is O[C@H]1CCC[C@@H](n2ccnc2-c2cccc(C(F)(F)F)c2)C1. The number of hydrogen-bond acceptors (Lipinski definition) is 2. The minimum atomic E-state index is -4.37. The molecule has 1 N–H and O–H groups in total. The molecule has 0 bridgehead atoms. The second kappa shape index (κ2) is 5.76. The minimum absolute atomic E-state index is 0.0794. The summed E-state index contributed by atoms with van der Waals surface area (Å²) in [7, 11) is 0. The van der Waals surface area contributed by atoms with E-state index >= 15 is 0 Å². The van der Waals surface area contributed by atoms with Gasteiger partial charge >= 0.3 is 6.18 Å². The molecule has 3 nitrogen and oxygen atoms in total. The molecule has 118 valence electrons. The number of aromatic nitrogens is 2. The van der Waals surface area contributed by atoms with E-state index in [2.05, 4.69) is 4.98 Å². The lowest BCUT2D eigenvalue weighted by molar-refractivity contribution is -0.137. The average molecular weight is 310 g/mol. The molecule has 0 saturated heterocycles. The molecule has 2 atom stereocenters. The second-order valence-corrected chi connectivity index (χ2v) is 5.71. The molecule has 1 saturated carbocycles. The highest BCUT2D eigenvalue weighted by molar-refractivity contribution is 5.57. The predicted molar refractivity (Wildman–Crippen MR) is 76.2 cm³/mol. The Morgan fingerprint density at radius 1 is 1.23 bits per heavy atom. The molecule has 1 aromatic carbocycles.